The van der Waals surface area contributed by atoms with Crippen LogP contribution in [0.2, 0.25) is 0 Å². The third-order valence-electron chi connectivity index (χ3n) is 2.42. The van der Waals surface area contributed by atoms with Gasteiger partial charge in [0.2, 0.25) is 5.91 Å². The van der Waals surface area contributed by atoms with E-state index < -0.39 is 11.4 Å². The molecule has 5 nitrogen and oxygen atoms in total. The fourth-order valence-corrected chi connectivity index (χ4v) is 1.10. The minimum atomic E-state index is -0.986. The largest absolute Gasteiger partial charge is 0.469 e. The third kappa shape index (κ3) is 3.87. The molecule has 0 spiro atoms. The second kappa shape index (κ2) is 5.70. The van der Waals surface area contributed by atoms with Gasteiger partial charge in [0.1, 0.15) is 0 Å². The summed E-state index contributed by atoms with van der Waals surface area (Å²) in [5, 5.41) is 9.11. The first-order chi connectivity index (χ1) is 6.87. The molecule has 1 amide bonds. The number of aliphatic hydroxyl groups excluding tert-OH is 1. The van der Waals surface area contributed by atoms with Crippen LogP contribution < -0.4 is 0 Å². The molecule has 0 unspecified atom stereocenters. The fraction of sp³-hybridized carbons (Fsp3) is 0.800. The van der Waals surface area contributed by atoms with E-state index in [2.05, 4.69) is 4.74 Å². The number of carbonyl (C=O) groups excluding carboxylic acids is 2. The summed E-state index contributed by atoms with van der Waals surface area (Å²) >= 11 is 0. The van der Waals surface area contributed by atoms with E-state index in [0.29, 0.717) is 0 Å². The van der Waals surface area contributed by atoms with Gasteiger partial charge in [-0.2, -0.15) is 0 Å². The van der Waals surface area contributed by atoms with Crippen LogP contribution in [0.25, 0.3) is 0 Å². The van der Waals surface area contributed by atoms with Gasteiger partial charge in [-0.25, -0.2) is 0 Å². The summed E-state index contributed by atoms with van der Waals surface area (Å²) in [4.78, 5) is 24.1. The monoisotopic (exact) mass is 217 g/mol. The highest BCUT2D eigenvalue weighted by atomic mass is 16.5. The minimum absolute atomic E-state index is 0.0708. The molecule has 0 aliphatic heterocycles. The van der Waals surface area contributed by atoms with E-state index in [1.807, 2.05) is 0 Å². The minimum Gasteiger partial charge on any atom is -0.469 e. The molecule has 5 heteroatoms. The average Bonchev–Trinajstić information content (AvgIpc) is 2.23. The number of rotatable bonds is 5. The standard InChI is InChI=1S/C10H19NO4/c1-10(7-12,9(14)15-4)6-5-8(13)11(2)3/h12H,5-7H2,1-4H3/t10-/m0/s1. The van der Waals surface area contributed by atoms with E-state index in [9.17, 15) is 9.59 Å². The third-order valence-corrected chi connectivity index (χ3v) is 2.42. The summed E-state index contributed by atoms with van der Waals surface area (Å²) in [7, 11) is 4.57. The lowest BCUT2D eigenvalue weighted by Gasteiger charge is -2.24. The molecule has 0 saturated heterocycles. The molecule has 0 aromatic heterocycles. The number of methoxy groups -OCH3 is 1. The first kappa shape index (κ1) is 13.9. The van der Waals surface area contributed by atoms with E-state index in [0.717, 1.165) is 0 Å². The number of hydrogen-bond donors (Lipinski definition) is 1. The van der Waals surface area contributed by atoms with Crippen molar-refractivity contribution in [2.75, 3.05) is 27.8 Å². The lowest BCUT2D eigenvalue weighted by molar-refractivity contribution is -0.155. The molecule has 0 heterocycles. The Labute approximate surface area is 90.0 Å². The summed E-state index contributed by atoms with van der Waals surface area (Å²) in [5.41, 5.74) is -0.986. The van der Waals surface area contributed by atoms with Crippen molar-refractivity contribution < 1.29 is 19.4 Å². The van der Waals surface area contributed by atoms with Gasteiger partial charge < -0.3 is 14.7 Å². The van der Waals surface area contributed by atoms with Crippen LogP contribution in [0.3, 0.4) is 0 Å². The van der Waals surface area contributed by atoms with Gasteiger partial charge in [0, 0.05) is 20.5 Å². The molecule has 1 atom stereocenters. The van der Waals surface area contributed by atoms with Gasteiger partial charge in [0.15, 0.2) is 0 Å². The zero-order valence-electron chi connectivity index (χ0n) is 9.74. The normalized spacial score (nSPS) is 14.2. The van der Waals surface area contributed by atoms with Crippen molar-refractivity contribution in [1.29, 1.82) is 0 Å². The molecule has 0 aliphatic carbocycles. The summed E-state index contributed by atoms with van der Waals surface area (Å²) in [6.07, 6.45) is 0.506. The molecule has 0 fully saturated rings. The highest BCUT2D eigenvalue weighted by Gasteiger charge is 2.34. The van der Waals surface area contributed by atoms with Gasteiger partial charge in [-0.1, -0.05) is 0 Å². The van der Waals surface area contributed by atoms with Crippen LogP contribution in [0.15, 0.2) is 0 Å². The maximum absolute atomic E-state index is 11.3. The Morgan fingerprint density at radius 2 is 1.93 bits per heavy atom. The molecule has 88 valence electrons. The zero-order valence-corrected chi connectivity index (χ0v) is 9.74. The molecule has 0 bridgehead atoms. The fourth-order valence-electron chi connectivity index (χ4n) is 1.10. The summed E-state index contributed by atoms with van der Waals surface area (Å²) in [6, 6.07) is 0. The predicted molar refractivity (Wildman–Crippen MR) is 55.1 cm³/mol. The van der Waals surface area contributed by atoms with Crippen molar-refractivity contribution in [2.24, 2.45) is 5.41 Å². The molecule has 0 aliphatic rings. The first-order valence-electron chi connectivity index (χ1n) is 4.77. The molecule has 0 saturated carbocycles. The molecule has 0 aromatic rings. The summed E-state index contributed by atoms with van der Waals surface area (Å²) in [6.45, 7) is 1.27. The van der Waals surface area contributed by atoms with E-state index in [4.69, 9.17) is 5.11 Å². The lowest BCUT2D eigenvalue weighted by atomic mass is 9.86. The van der Waals surface area contributed by atoms with Gasteiger partial charge in [-0.3, -0.25) is 9.59 Å². The highest BCUT2D eigenvalue weighted by Crippen LogP contribution is 2.24. The Morgan fingerprint density at radius 3 is 2.27 bits per heavy atom. The van der Waals surface area contributed by atoms with Gasteiger partial charge in [-0.05, 0) is 13.3 Å². The number of amides is 1. The first-order valence-corrected chi connectivity index (χ1v) is 4.77. The Hall–Kier alpha value is -1.10. The van der Waals surface area contributed by atoms with Crippen LogP contribution in [0, 0.1) is 5.41 Å². The van der Waals surface area contributed by atoms with E-state index in [-0.39, 0.29) is 25.4 Å². The van der Waals surface area contributed by atoms with E-state index >= 15 is 0 Å². The van der Waals surface area contributed by atoms with Crippen molar-refractivity contribution in [3.63, 3.8) is 0 Å². The number of nitrogens with zero attached hydrogens (tertiary/aromatic N) is 1. The molecule has 0 aromatic carbocycles. The smallest absolute Gasteiger partial charge is 0.313 e. The number of carbonyl (C=O) groups is 2. The number of aliphatic hydroxyl groups is 1. The maximum Gasteiger partial charge on any atom is 0.313 e. The van der Waals surface area contributed by atoms with Crippen LogP contribution in [0.5, 0.6) is 0 Å². The SMILES string of the molecule is COC(=O)[C@](C)(CO)CCC(=O)N(C)C. The summed E-state index contributed by atoms with van der Waals surface area (Å²) in [5.74, 6) is -0.560. The van der Waals surface area contributed by atoms with Crippen LogP contribution in [0.1, 0.15) is 19.8 Å². The van der Waals surface area contributed by atoms with Gasteiger partial charge in [-0.15, -0.1) is 0 Å². The highest BCUT2D eigenvalue weighted by molar-refractivity contribution is 5.79. The maximum atomic E-state index is 11.3. The molecular formula is C10H19NO4. The topological polar surface area (TPSA) is 66.8 Å². The second-order valence-electron chi connectivity index (χ2n) is 4.00. The van der Waals surface area contributed by atoms with Crippen LogP contribution in [0.4, 0.5) is 0 Å². The van der Waals surface area contributed by atoms with Gasteiger partial charge in [0.25, 0.3) is 0 Å². The van der Waals surface area contributed by atoms with Crippen molar-refractivity contribution in [3.8, 4) is 0 Å². The molecule has 0 radical (unpaired) electrons. The van der Waals surface area contributed by atoms with E-state index in [1.54, 1.807) is 21.0 Å². The van der Waals surface area contributed by atoms with Crippen LogP contribution >= 0.6 is 0 Å². The zero-order chi connectivity index (χ0) is 12.1. The predicted octanol–water partition coefficient (Wildman–Crippen LogP) is 0.0264. The number of ether oxygens (including phenoxy) is 1. The number of hydrogen-bond acceptors (Lipinski definition) is 4. The molecule has 15 heavy (non-hydrogen) atoms. The van der Waals surface area contributed by atoms with Gasteiger partial charge >= 0.3 is 5.97 Å². The second-order valence-corrected chi connectivity index (χ2v) is 4.00. The van der Waals surface area contributed by atoms with Crippen molar-refractivity contribution in [2.45, 2.75) is 19.8 Å². The van der Waals surface area contributed by atoms with E-state index in [1.165, 1.54) is 12.0 Å². The molecule has 0 rings (SSSR count). The quantitative estimate of drug-likeness (QED) is 0.660. The Kier molecular flexibility index (Phi) is 5.28. The van der Waals surface area contributed by atoms with Crippen molar-refractivity contribution in [1.82, 2.24) is 4.90 Å². The molecular weight excluding hydrogens is 198 g/mol. The van der Waals surface area contributed by atoms with Crippen molar-refractivity contribution >= 4 is 11.9 Å². The van der Waals surface area contributed by atoms with Crippen LogP contribution in [-0.2, 0) is 14.3 Å². The Balaban J connectivity index is 4.33. The summed E-state index contributed by atoms with van der Waals surface area (Å²) < 4.78 is 4.58. The Bertz CT molecular complexity index is 240. The van der Waals surface area contributed by atoms with Crippen LogP contribution in [-0.4, -0.2) is 49.7 Å². The Morgan fingerprint density at radius 1 is 1.40 bits per heavy atom. The van der Waals surface area contributed by atoms with Gasteiger partial charge in [0.05, 0.1) is 19.1 Å². The number of esters is 1. The average molecular weight is 217 g/mol. The lowest BCUT2D eigenvalue weighted by Crippen LogP contribution is -2.34. The molecule has 1 N–H and O–H groups in total. The van der Waals surface area contributed by atoms with Crippen molar-refractivity contribution in [3.05, 3.63) is 0 Å².